The predicted molar refractivity (Wildman–Crippen MR) is 52.6 cm³/mol. The van der Waals surface area contributed by atoms with Crippen LogP contribution < -0.4 is 4.74 Å². The molecule has 0 atom stereocenters. The van der Waals surface area contributed by atoms with Crippen molar-refractivity contribution in [2.75, 3.05) is 6.61 Å². The first-order chi connectivity index (χ1) is 7.79. The number of hydrogen-bond donors (Lipinski definition) is 0. The minimum Gasteiger partial charge on any atom is -0.490 e. The summed E-state index contributed by atoms with van der Waals surface area (Å²) in [5, 5.41) is 0. The van der Waals surface area contributed by atoms with Crippen LogP contribution in [0.4, 0.5) is 17.6 Å². The second-order valence-electron chi connectivity index (χ2n) is 3.29. The van der Waals surface area contributed by atoms with Gasteiger partial charge in [0, 0.05) is 5.56 Å². The van der Waals surface area contributed by atoms with Gasteiger partial charge in [-0.2, -0.15) is 13.2 Å². The molecular weight excluding hydrogens is 240 g/mol. The van der Waals surface area contributed by atoms with Crippen molar-refractivity contribution in [2.45, 2.75) is 20.0 Å². The number of benzene rings is 1. The number of carbonyl (C=O) groups is 1. The van der Waals surface area contributed by atoms with Gasteiger partial charge in [0.25, 0.3) is 0 Å². The topological polar surface area (TPSA) is 26.3 Å². The average molecular weight is 250 g/mol. The molecule has 1 aromatic rings. The Hall–Kier alpha value is -1.59. The number of ketones is 1. The van der Waals surface area contributed by atoms with Gasteiger partial charge in [0.1, 0.15) is 5.56 Å². The van der Waals surface area contributed by atoms with E-state index in [1.54, 1.807) is 0 Å². The van der Waals surface area contributed by atoms with Crippen LogP contribution in [0.25, 0.3) is 0 Å². The molecule has 0 unspecified atom stereocenters. The van der Waals surface area contributed by atoms with Crippen LogP contribution in [0.1, 0.15) is 29.8 Å². The van der Waals surface area contributed by atoms with Crippen molar-refractivity contribution in [3.8, 4) is 5.75 Å². The molecule has 0 N–H and O–H groups in total. The molecule has 1 aromatic carbocycles. The van der Waals surface area contributed by atoms with E-state index in [-0.39, 0.29) is 6.61 Å². The zero-order valence-corrected chi connectivity index (χ0v) is 9.19. The van der Waals surface area contributed by atoms with Gasteiger partial charge in [0.15, 0.2) is 17.3 Å². The second-order valence-corrected chi connectivity index (χ2v) is 3.29. The van der Waals surface area contributed by atoms with Crippen molar-refractivity contribution in [1.82, 2.24) is 0 Å². The zero-order valence-electron chi connectivity index (χ0n) is 9.19. The first-order valence-corrected chi connectivity index (χ1v) is 4.82. The lowest BCUT2D eigenvalue weighted by Gasteiger charge is -2.16. The molecule has 94 valence electrons. The fourth-order valence-corrected chi connectivity index (χ4v) is 1.42. The molecule has 6 heteroatoms. The van der Waals surface area contributed by atoms with Gasteiger partial charge >= 0.3 is 6.18 Å². The van der Waals surface area contributed by atoms with E-state index < -0.39 is 34.7 Å². The van der Waals surface area contributed by atoms with Gasteiger partial charge < -0.3 is 4.74 Å². The molecule has 0 fully saturated rings. The smallest absolute Gasteiger partial charge is 0.420 e. The largest absolute Gasteiger partial charge is 0.490 e. The molecule has 0 heterocycles. The van der Waals surface area contributed by atoms with E-state index in [4.69, 9.17) is 0 Å². The third kappa shape index (κ3) is 2.75. The Morgan fingerprint density at radius 3 is 2.35 bits per heavy atom. The molecule has 0 bridgehead atoms. The normalized spacial score (nSPS) is 11.4. The minimum absolute atomic E-state index is 0.124. The number of halogens is 4. The van der Waals surface area contributed by atoms with Gasteiger partial charge in [-0.15, -0.1) is 0 Å². The summed E-state index contributed by atoms with van der Waals surface area (Å²) in [6.45, 7) is 2.29. The first kappa shape index (κ1) is 13.5. The second kappa shape index (κ2) is 4.73. The van der Waals surface area contributed by atoms with Gasteiger partial charge in [-0.1, -0.05) is 0 Å². The van der Waals surface area contributed by atoms with Crippen LogP contribution in [0.3, 0.4) is 0 Å². The number of ether oxygens (including phenoxy) is 1. The van der Waals surface area contributed by atoms with Crippen molar-refractivity contribution in [2.24, 2.45) is 0 Å². The molecule has 0 aliphatic rings. The number of hydrogen-bond acceptors (Lipinski definition) is 2. The van der Waals surface area contributed by atoms with Crippen molar-refractivity contribution < 1.29 is 27.1 Å². The van der Waals surface area contributed by atoms with Gasteiger partial charge in [-0.05, 0) is 26.0 Å². The highest BCUT2D eigenvalue weighted by atomic mass is 19.4. The Morgan fingerprint density at radius 1 is 1.35 bits per heavy atom. The highest BCUT2D eigenvalue weighted by molar-refractivity contribution is 5.96. The molecule has 0 saturated carbocycles. The Labute approximate surface area is 95.2 Å². The molecule has 0 aliphatic heterocycles. The molecule has 0 radical (unpaired) electrons. The fourth-order valence-electron chi connectivity index (χ4n) is 1.42. The van der Waals surface area contributed by atoms with Gasteiger partial charge in [-0.3, -0.25) is 4.79 Å². The van der Waals surface area contributed by atoms with E-state index in [1.807, 2.05) is 0 Å². The number of carbonyl (C=O) groups excluding carboxylic acids is 1. The summed E-state index contributed by atoms with van der Waals surface area (Å²) < 4.78 is 56.2. The Bertz CT molecular complexity index is 438. The van der Waals surface area contributed by atoms with Crippen molar-refractivity contribution in [3.05, 3.63) is 29.1 Å². The number of alkyl halides is 3. The van der Waals surface area contributed by atoms with Gasteiger partial charge in [0.05, 0.1) is 6.61 Å². The molecule has 0 aromatic heterocycles. The van der Waals surface area contributed by atoms with Crippen LogP contribution in [0.2, 0.25) is 0 Å². The van der Waals surface area contributed by atoms with Crippen LogP contribution in [-0.4, -0.2) is 12.4 Å². The lowest BCUT2D eigenvalue weighted by molar-refractivity contribution is -0.139. The van der Waals surface area contributed by atoms with Crippen LogP contribution in [0.5, 0.6) is 5.75 Å². The van der Waals surface area contributed by atoms with Crippen molar-refractivity contribution in [3.63, 3.8) is 0 Å². The quantitative estimate of drug-likeness (QED) is 0.606. The van der Waals surface area contributed by atoms with Gasteiger partial charge in [0.2, 0.25) is 0 Å². The molecule has 0 saturated heterocycles. The summed E-state index contributed by atoms with van der Waals surface area (Å²) in [4.78, 5) is 11.1. The molecule has 1 rings (SSSR count). The zero-order chi connectivity index (χ0) is 13.2. The van der Waals surface area contributed by atoms with Crippen molar-refractivity contribution in [1.29, 1.82) is 0 Å². The summed E-state index contributed by atoms with van der Waals surface area (Å²) in [6, 6.07) is 1.60. The fraction of sp³-hybridized carbons (Fsp3) is 0.364. The van der Waals surface area contributed by atoms with Crippen molar-refractivity contribution >= 4 is 5.78 Å². The summed E-state index contributed by atoms with van der Waals surface area (Å²) in [6.07, 6.45) is -4.84. The maximum Gasteiger partial charge on any atom is 0.420 e. The monoisotopic (exact) mass is 250 g/mol. The van der Waals surface area contributed by atoms with E-state index in [2.05, 4.69) is 4.74 Å². The Morgan fingerprint density at radius 2 is 1.94 bits per heavy atom. The lowest BCUT2D eigenvalue weighted by atomic mass is 10.0. The summed E-state index contributed by atoms with van der Waals surface area (Å²) in [7, 11) is 0. The molecule has 2 nitrogen and oxygen atoms in total. The maximum atomic E-state index is 13.3. The average Bonchev–Trinajstić information content (AvgIpc) is 2.18. The van der Waals surface area contributed by atoms with Crippen LogP contribution >= 0.6 is 0 Å². The summed E-state index contributed by atoms with van der Waals surface area (Å²) >= 11 is 0. The minimum atomic E-state index is -4.84. The van der Waals surface area contributed by atoms with E-state index in [0.29, 0.717) is 0 Å². The lowest BCUT2D eigenvalue weighted by Crippen LogP contribution is -2.15. The third-order valence-corrected chi connectivity index (χ3v) is 2.06. The molecular formula is C11H10F4O2. The molecule has 0 amide bonds. The number of rotatable bonds is 3. The van der Waals surface area contributed by atoms with E-state index in [0.717, 1.165) is 19.1 Å². The Kier molecular flexibility index (Phi) is 3.75. The molecule has 17 heavy (non-hydrogen) atoms. The first-order valence-electron chi connectivity index (χ1n) is 4.82. The van der Waals surface area contributed by atoms with Crippen LogP contribution in [-0.2, 0) is 6.18 Å². The molecule has 0 spiro atoms. The SMILES string of the molecule is CCOc1c(F)ccc(C(C)=O)c1C(F)(F)F. The van der Waals surface area contributed by atoms with E-state index in [9.17, 15) is 22.4 Å². The Balaban J connectivity index is 3.56. The highest BCUT2D eigenvalue weighted by Crippen LogP contribution is 2.40. The van der Waals surface area contributed by atoms with E-state index in [1.165, 1.54) is 6.92 Å². The molecule has 0 aliphatic carbocycles. The number of Topliss-reactive ketones (excluding diaryl/α,β-unsaturated/α-hetero) is 1. The van der Waals surface area contributed by atoms with E-state index >= 15 is 0 Å². The van der Waals surface area contributed by atoms with Gasteiger partial charge in [-0.25, -0.2) is 4.39 Å². The predicted octanol–water partition coefficient (Wildman–Crippen LogP) is 3.45. The van der Waals surface area contributed by atoms with Crippen LogP contribution in [0.15, 0.2) is 12.1 Å². The standard InChI is InChI=1S/C11H10F4O2/c1-3-17-10-8(12)5-4-7(6(2)16)9(10)11(13,14)15/h4-5H,3H2,1-2H3. The van der Waals surface area contributed by atoms with Crippen LogP contribution in [0, 0.1) is 5.82 Å². The highest BCUT2D eigenvalue weighted by Gasteiger charge is 2.39. The summed E-state index contributed by atoms with van der Waals surface area (Å²) in [5.41, 5.74) is -1.95. The maximum absolute atomic E-state index is 13.3. The summed E-state index contributed by atoms with van der Waals surface area (Å²) in [5.74, 6) is -2.85. The third-order valence-electron chi connectivity index (χ3n) is 2.06.